The molecule has 0 unspecified atom stereocenters. The fraction of sp³-hybridized carbons (Fsp3) is 0. The van der Waals surface area contributed by atoms with Crippen molar-refractivity contribution in [2.45, 2.75) is 0 Å². The molecule has 0 aromatic heterocycles. The van der Waals surface area contributed by atoms with Crippen LogP contribution in [0.1, 0.15) is 10.4 Å². The Morgan fingerprint density at radius 2 is 1.75 bits per heavy atom. The van der Waals surface area contributed by atoms with Crippen molar-refractivity contribution in [2.75, 3.05) is 0 Å². The molecule has 0 heterocycles. The van der Waals surface area contributed by atoms with E-state index in [0.29, 0.717) is 11.1 Å². The summed E-state index contributed by atoms with van der Waals surface area (Å²) in [5.41, 5.74) is 1.06. The maximum Gasteiger partial charge on any atom is 0.335 e. The Balaban J connectivity index is 2.56. The molecule has 0 aliphatic heterocycles. The van der Waals surface area contributed by atoms with E-state index >= 15 is 0 Å². The van der Waals surface area contributed by atoms with Crippen molar-refractivity contribution in [3.05, 3.63) is 59.9 Å². The second-order valence-corrected chi connectivity index (χ2v) is 3.37. The normalized spacial score (nSPS) is 10.1. The average Bonchev–Trinajstić information content (AvgIpc) is 2.30. The van der Waals surface area contributed by atoms with Gasteiger partial charge in [0.2, 0.25) is 0 Å². The maximum absolute atomic E-state index is 13.5. The number of aromatic carboxylic acids is 1. The molecular formula is C13H9FO2. The summed E-state index contributed by atoms with van der Waals surface area (Å²) in [7, 11) is 0. The topological polar surface area (TPSA) is 37.3 Å². The molecule has 2 aromatic rings. The van der Waals surface area contributed by atoms with Gasteiger partial charge < -0.3 is 5.11 Å². The summed E-state index contributed by atoms with van der Waals surface area (Å²) in [5, 5.41) is 8.82. The molecule has 2 nitrogen and oxygen atoms in total. The van der Waals surface area contributed by atoms with Crippen LogP contribution in [0.25, 0.3) is 11.1 Å². The molecule has 3 heteroatoms. The van der Waals surface area contributed by atoms with E-state index in [1.54, 1.807) is 24.3 Å². The number of hydrogen-bond donors (Lipinski definition) is 1. The third-order valence-electron chi connectivity index (χ3n) is 2.30. The van der Waals surface area contributed by atoms with Crippen LogP contribution in [0, 0.1) is 5.82 Å². The lowest BCUT2D eigenvalue weighted by Gasteiger charge is -2.04. The van der Waals surface area contributed by atoms with Crippen LogP contribution in [-0.2, 0) is 0 Å². The van der Waals surface area contributed by atoms with Crippen molar-refractivity contribution in [1.29, 1.82) is 0 Å². The van der Waals surface area contributed by atoms with Crippen molar-refractivity contribution in [3.8, 4) is 11.1 Å². The van der Waals surface area contributed by atoms with E-state index in [9.17, 15) is 9.18 Å². The molecule has 0 saturated heterocycles. The van der Waals surface area contributed by atoms with Crippen LogP contribution < -0.4 is 0 Å². The number of carboxylic acid groups (broad SMARTS) is 1. The second-order valence-electron chi connectivity index (χ2n) is 3.37. The molecule has 0 amide bonds. The van der Waals surface area contributed by atoms with E-state index in [4.69, 9.17) is 5.11 Å². The van der Waals surface area contributed by atoms with Gasteiger partial charge in [-0.2, -0.15) is 0 Å². The molecule has 0 aliphatic rings. The van der Waals surface area contributed by atoms with Crippen LogP contribution in [0.4, 0.5) is 4.39 Å². The van der Waals surface area contributed by atoms with Crippen molar-refractivity contribution in [1.82, 2.24) is 0 Å². The fourth-order valence-corrected chi connectivity index (χ4v) is 1.50. The number of benzene rings is 2. The fourth-order valence-electron chi connectivity index (χ4n) is 1.50. The highest BCUT2D eigenvalue weighted by atomic mass is 19.1. The van der Waals surface area contributed by atoms with Gasteiger partial charge in [-0.3, -0.25) is 0 Å². The zero-order valence-electron chi connectivity index (χ0n) is 8.35. The first kappa shape index (κ1) is 10.4. The highest BCUT2D eigenvalue weighted by Gasteiger charge is 2.09. The first-order valence-corrected chi connectivity index (χ1v) is 4.77. The monoisotopic (exact) mass is 216 g/mol. The van der Waals surface area contributed by atoms with Gasteiger partial charge in [0, 0.05) is 5.56 Å². The quantitative estimate of drug-likeness (QED) is 0.837. The van der Waals surface area contributed by atoms with Crippen molar-refractivity contribution < 1.29 is 14.3 Å². The Morgan fingerprint density at radius 3 is 2.38 bits per heavy atom. The van der Waals surface area contributed by atoms with Crippen LogP contribution in [0.5, 0.6) is 0 Å². The zero-order chi connectivity index (χ0) is 11.5. The molecule has 0 fully saturated rings. The molecule has 0 aliphatic carbocycles. The van der Waals surface area contributed by atoms with Crippen LogP contribution in [0.15, 0.2) is 48.5 Å². The smallest absolute Gasteiger partial charge is 0.335 e. The highest BCUT2D eigenvalue weighted by molar-refractivity contribution is 5.89. The molecule has 2 rings (SSSR count). The van der Waals surface area contributed by atoms with Crippen LogP contribution >= 0.6 is 0 Å². The first-order valence-electron chi connectivity index (χ1n) is 4.77. The third-order valence-corrected chi connectivity index (χ3v) is 2.30. The van der Waals surface area contributed by atoms with Crippen LogP contribution in [-0.4, -0.2) is 11.1 Å². The van der Waals surface area contributed by atoms with Crippen LogP contribution in [0.3, 0.4) is 0 Å². The molecule has 1 N–H and O–H groups in total. The number of rotatable bonds is 2. The van der Waals surface area contributed by atoms with E-state index in [0.717, 1.165) is 0 Å². The summed E-state index contributed by atoms with van der Waals surface area (Å²) < 4.78 is 13.5. The Morgan fingerprint density at radius 1 is 1.06 bits per heavy atom. The summed E-state index contributed by atoms with van der Waals surface area (Å²) in [6.45, 7) is 0. The van der Waals surface area contributed by atoms with E-state index < -0.39 is 11.8 Å². The molecule has 16 heavy (non-hydrogen) atoms. The summed E-state index contributed by atoms with van der Waals surface area (Å²) in [6.07, 6.45) is 0. The first-order chi connectivity index (χ1) is 7.68. The SMILES string of the molecule is O=C(O)c1ccc(F)c(-c2ccccc2)c1. The number of carbonyl (C=O) groups is 1. The van der Waals surface area contributed by atoms with Gasteiger partial charge in [0.15, 0.2) is 0 Å². The molecule has 0 radical (unpaired) electrons. The van der Waals surface area contributed by atoms with E-state index in [-0.39, 0.29) is 5.56 Å². The van der Waals surface area contributed by atoms with Gasteiger partial charge in [0.1, 0.15) is 5.82 Å². The Kier molecular flexibility index (Phi) is 2.68. The summed E-state index contributed by atoms with van der Waals surface area (Å²) >= 11 is 0. The van der Waals surface area contributed by atoms with E-state index in [2.05, 4.69) is 0 Å². The largest absolute Gasteiger partial charge is 0.478 e. The standard InChI is InChI=1S/C13H9FO2/c14-12-7-6-10(13(15)16)8-11(12)9-4-2-1-3-5-9/h1-8H,(H,15,16). The van der Waals surface area contributed by atoms with Gasteiger partial charge in [-0.1, -0.05) is 30.3 Å². The molecule has 0 bridgehead atoms. The molecule has 0 spiro atoms. The molecule has 80 valence electrons. The van der Waals surface area contributed by atoms with Crippen molar-refractivity contribution in [3.63, 3.8) is 0 Å². The Labute approximate surface area is 92.0 Å². The highest BCUT2D eigenvalue weighted by Crippen LogP contribution is 2.23. The number of halogens is 1. The minimum absolute atomic E-state index is 0.0836. The average molecular weight is 216 g/mol. The molecule has 0 saturated carbocycles. The Bertz CT molecular complexity index is 521. The molecule has 0 atom stereocenters. The predicted octanol–water partition coefficient (Wildman–Crippen LogP) is 3.19. The van der Waals surface area contributed by atoms with Crippen LogP contribution in [0.2, 0.25) is 0 Å². The lowest BCUT2D eigenvalue weighted by Crippen LogP contribution is -1.97. The van der Waals surface area contributed by atoms with E-state index in [1.807, 2.05) is 6.07 Å². The lowest BCUT2D eigenvalue weighted by atomic mass is 10.0. The number of hydrogen-bond acceptors (Lipinski definition) is 1. The van der Waals surface area contributed by atoms with Gasteiger partial charge in [-0.15, -0.1) is 0 Å². The Hall–Kier alpha value is -2.16. The van der Waals surface area contributed by atoms with Gasteiger partial charge in [0.05, 0.1) is 5.56 Å². The summed E-state index contributed by atoms with van der Waals surface area (Å²) in [4.78, 5) is 10.8. The minimum Gasteiger partial charge on any atom is -0.478 e. The number of carboxylic acids is 1. The van der Waals surface area contributed by atoms with Crippen molar-refractivity contribution >= 4 is 5.97 Å². The third kappa shape index (κ3) is 1.93. The van der Waals surface area contributed by atoms with Gasteiger partial charge >= 0.3 is 5.97 Å². The van der Waals surface area contributed by atoms with Gasteiger partial charge in [-0.25, -0.2) is 9.18 Å². The molecule has 2 aromatic carbocycles. The molecular weight excluding hydrogens is 207 g/mol. The maximum atomic E-state index is 13.5. The van der Waals surface area contributed by atoms with Gasteiger partial charge in [-0.05, 0) is 23.8 Å². The minimum atomic E-state index is -1.06. The second kappa shape index (κ2) is 4.14. The zero-order valence-corrected chi connectivity index (χ0v) is 8.35. The van der Waals surface area contributed by atoms with Crippen molar-refractivity contribution in [2.24, 2.45) is 0 Å². The summed E-state index contributed by atoms with van der Waals surface area (Å²) in [6, 6.07) is 12.6. The lowest BCUT2D eigenvalue weighted by molar-refractivity contribution is 0.0697. The van der Waals surface area contributed by atoms with Gasteiger partial charge in [0.25, 0.3) is 0 Å². The summed E-state index contributed by atoms with van der Waals surface area (Å²) in [5.74, 6) is -1.48. The predicted molar refractivity (Wildman–Crippen MR) is 58.8 cm³/mol. The van der Waals surface area contributed by atoms with E-state index in [1.165, 1.54) is 18.2 Å².